The summed E-state index contributed by atoms with van der Waals surface area (Å²) in [5, 5.41) is 2.47. The minimum absolute atomic E-state index is 0.0832. The van der Waals surface area contributed by atoms with Crippen LogP contribution in [0, 0.1) is 0 Å². The lowest BCUT2D eigenvalue weighted by atomic mass is 10.1. The smallest absolute Gasteiger partial charge is 0.374 e. The van der Waals surface area contributed by atoms with Gasteiger partial charge in [0.25, 0.3) is 0 Å². The summed E-state index contributed by atoms with van der Waals surface area (Å²) < 4.78 is 18.2. The van der Waals surface area contributed by atoms with E-state index in [9.17, 15) is 0 Å². The quantitative estimate of drug-likeness (QED) is 0.137. The predicted molar refractivity (Wildman–Crippen MR) is 133 cm³/mol. The largest absolute Gasteiger partial charge is 0.641 e. The van der Waals surface area contributed by atoms with Gasteiger partial charge in [0.1, 0.15) is 0 Å². The summed E-state index contributed by atoms with van der Waals surface area (Å²) in [5.74, 6) is 0. The van der Waals surface area contributed by atoms with Crippen molar-refractivity contribution in [2.45, 2.75) is 80.5 Å². The highest BCUT2D eigenvalue weighted by atomic mass is 32.2. The molecule has 3 unspecified atom stereocenters. The van der Waals surface area contributed by atoms with Crippen LogP contribution in [0.3, 0.4) is 0 Å². The van der Waals surface area contributed by atoms with Crippen molar-refractivity contribution in [3.63, 3.8) is 0 Å². The van der Waals surface area contributed by atoms with Gasteiger partial charge in [0, 0.05) is 4.90 Å². The van der Waals surface area contributed by atoms with Crippen molar-refractivity contribution in [2.75, 3.05) is 0 Å². The summed E-state index contributed by atoms with van der Waals surface area (Å²) in [4.78, 5) is 1.20. The molecule has 0 aliphatic rings. The van der Waals surface area contributed by atoms with Crippen molar-refractivity contribution in [1.82, 2.24) is 0 Å². The average Bonchev–Trinajstić information content (AvgIpc) is 2.68. The zero-order chi connectivity index (χ0) is 21.1. The number of thioether (sulfide) groups is 1. The van der Waals surface area contributed by atoms with E-state index in [1.54, 1.807) is 11.8 Å². The minimum Gasteiger partial charge on any atom is -0.374 e. The molecule has 0 spiro atoms. The van der Waals surface area contributed by atoms with Crippen LogP contribution in [0.5, 0.6) is 0 Å². The first kappa shape index (κ1) is 25.0. The number of thiol groups is 2. The maximum absolute atomic E-state index is 6.30. The third kappa shape index (κ3) is 8.76. The Hall–Kier alpha value is -0.305. The maximum atomic E-state index is 6.30. The summed E-state index contributed by atoms with van der Waals surface area (Å²) >= 11 is 10.8. The Bertz CT molecular complexity index is 699. The highest BCUT2D eigenvalue weighted by molar-refractivity contribution is 8.00. The second kappa shape index (κ2) is 13.9. The number of fused-ring (bicyclic) bond motifs is 1. The molecular weight excluding hydrogens is 419 g/mol. The molecule has 0 amide bonds. The highest BCUT2D eigenvalue weighted by Gasteiger charge is 2.31. The molecule has 0 saturated heterocycles. The van der Waals surface area contributed by atoms with Crippen LogP contribution in [-0.2, 0) is 14.0 Å². The summed E-state index contributed by atoms with van der Waals surface area (Å²) in [7, 11) is -0.780. The fraction of sp³-hybridized carbons (Fsp3) is 0.545. The maximum Gasteiger partial charge on any atom is 0.641 e. The number of benzene rings is 2. The van der Waals surface area contributed by atoms with Gasteiger partial charge in [-0.3, -0.25) is 0 Å². The first-order chi connectivity index (χ1) is 14.1. The number of hydrogen-bond donors (Lipinski definition) is 2. The Morgan fingerprint density at radius 2 is 1.38 bits per heavy atom. The Balaban J connectivity index is 2.14. The first-order valence-electron chi connectivity index (χ1n) is 10.5. The lowest BCUT2D eigenvalue weighted by Gasteiger charge is -2.25. The summed E-state index contributed by atoms with van der Waals surface area (Å²) in [6.07, 6.45) is 5.56. The average molecular weight is 453 g/mol. The molecule has 0 bridgehead atoms. The van der Waals surface area contributed by atoms with Gasteiger partial charge in [0.2, 0.25) is 0 Å². The molecule has 160 valence electrons. The molecule has 7 heteroatoms. The van der Waals surface area contributed by atoms with Crippen molar-refractivity contribution >= 4 is 55.1 Å². The number of rotatable bonds is 14. The van der Waals surface area contributed by atoms with Crippen molar-refractivity contribution in [3.05, 3.63) is 42.5 Å². The van der Waals surface area contributed by atoms with E-state index in [4.69, 9.17) is 14.0 Å². The monoisotopic (exact) mass is 452 g/mol. The van der Waals surface area contributed by atoms with Crippen LogP contribution >= 0.6 is 37.0 Å². The molecule has 2 aromatic carbocycles. The lowest BCUT2D eigenvalue weighted by Crippen LogP contribution is -2.36. The highest BCUT2D eigenvalue weighted by Crippen LogP contribution is 2.34. The Morgan fingerprint density at radius 3 is 2.00 bits per heavy atom. The van der Waals surface area contributed by atoms with Crippen LogP contribution in [0.4, 0.5) is 0 Å². The molecule has 2 rings (SSSR count). The van der Waals surface area contributed by atoms with Crippen LogP contribution in [0.1, 0.15) is 59.3 Å². The topological polar surface area (TPSA) is 27.7 Å². The second-order valence-corrected chi connectivity index (χ2v) is 9.35. The minimum atomic E-state index is -0.780. The predicted octanol–water partition coefficient (Wildman–Crippen LogP) is 7.20. The van der Waals surface area contributed by atoms with Gasteiger partial charge in [0.15, 0.2) is 0 Å². The zero-order valence-electron chi connectivity index (χ0n) is 17.6. The Morgan fingerprint density at radius 1 is 0.793 bits per heavy atom. The van der Waals surface area contributed by atoms with Crippen LogP contribution in [0.15, 0.2) is 47.4 Å². The molecule has 3 atom stereocenters. The van der Waals surface area contributed by atoms with Crippen LogP contribution in [0.25, 0.3) is 10.8 Å². The zero-order valence-corrected chi connectivity index (χ0v) is 20.2. The van der Waals surface area contributed by atoms with E-state index in [0.717, 1.165) is 38.5 Å². The van der Waals surface area contributed by atoms with Crippen molar-refractivity contribution < 1.29 is 14.0 Å². The van der Waals surface area contributed by atoms with Gasteiger partial charge in [-0.15, -0.1) is 25.3 Å². The molecule has 0 fully saturated rings. The normalized spacial score (nSPS) is 14.7. The van der Waals surface area contributed by atoms with E-state index in [1.165, 1.54) is 15.7 Å². The van der Waals surface area contributed by atoms with Crippen LogP contribution in [0.2, 0.25) is 0 Å². The van der Waals surface area contributed by atoms with Gasteiger partial charge < -0.3 is 14.0 Å². The molecule has 0 aliphatic heterocycles. The molecule has 3 nitrogen and oxygen atoms in total. The van der Waals surface area contributed by atoms with E-state index in [1.807, 2.05) is 0 Å². The molecule has 2 aromatic rings. The summed E-state index contributed by atoms with van der Waals surface area (Å²) in [5.41, 5.74) is -0.533. The van der Waals surface area contributed by atoms with E-state index >= 15 is 0 Å². The molecule has 0 aromatic heterocycles. The lowest BCUT2D eigenvalue weighted by molar-refractivity contribution is 0.0641. The van der Waals surface area contributed by atoms with Crippen molar-refractivity contribution in [1.29, 1.82) is 0 Å². The fourth-order valence-corrected chi connectivity index (χ4v) is 4.91. The molecule has 0 aliphatic carbocycles. The van der Waals surface area contributed by atoms with E-state index < -0.39 is 7.32 Å². The SMILES string of the molecule is CCCC(S)OB(OC(S)CCC)OC(CCC)Sc1cccc2ccccc12. The van der Waals surface area contributed by atoms with Crippen molar-refractivity contribution in [3.8, 4) is 0 Å². The third-order valence-electron chi connectivity index (χ3n) is 4.40. The van der Waals surface area contributed by atoms with Gasteiger partial charge >= 0.3 is 7.32 Å². The van der Waals surface area contributed by atoms with Crippen molar-refractivity contribution in [2.24, 2.45) is 0 Å². The van der Waals surface area contributed by atoms with Gasteiger partial charge in [-0.1, -0.05) is 88.2 Å². The molecular formula is C22H33BO3S3. The molecule has 29 heavy (non-hydrogen) atoms. The Labute approximate surface area is 191 Å². The summed E-state index contributed by atoms with van der Waals surface area (Å²) in [6.45, 7) is 6.38. The second-order valence-electron chi connectivity index (χ2n) is 7.00. The van der Waals surface area contributed by atoms with Gasteiger partial charge in [0.05, 0.1) is 16.3 Å². The molecule has 0 saturated carbocycles. The van der Waals surface area contributed by atoms with E-state index in [2.05, 4.69) is 88.5 Å². The standard InChI is InChI=1S/C22H33BO3S3/c1-4-10-20(27)24-23(25-21(28)11-5-2)26-22(12-6-3)29-19-16-9-14-17-13-7-8-15-18(17)19/h7-9,13-16,20-22,27-28H,4-6,10-12H2,1-3H3. The molecule has 0 radical (unpaired) electrons. The van der Waals surface area contributed by atoms with Gasteiger partial charge in [-0.2, -0.15) is 0 Å². The van der Waals surface area contributed by atoms with Gasteiger partial charge in [-0.05, 0) is 36.1 Å². The third-order valence-corrected chi connectivity index (χ3v) is 6.38. The van der Waals surface area contributed by atoms with Gasteiger partial charge in [-0.25, -0.2) is 0 Å². The Kier molecular flexibility index (Phi) is 12.0. The fourth-order valence-electron chi connectivity index (χ4n) is 2.94. The summed E-state index contributed by atoms with van der Waals surface area (Å²) in [6, 6.07) is 14.8. The van der Waals surface area contributed by atoms with E-state index in [0.29, 0.717) is 0 Å². The first-order valence-corrected chi connectivity index (χ1v) is 12.5. The van der Waals surface area contributed by atoms with Crippen LogP contribution in [-0.4, -0.2) is 23.6 Å². The van der Waals surface area contributed by atoms with Crippen LogP contribution < -0.4 is 0 Å². The van der Waals surface area contributed by atoms with E-state index in [-0.39, 0.29) is 16.3 Å². The molecule has 0 heterocycles. The molecule has 0 N–H and O–H groups in total. The number of hydrogen-bond acceptors (Lipinski definition) is 6.